The van der Waals surface area contributed by atoms with Gasteiger partial charge in [-0.05, 0) is 38.3 Å². The molecule has 0 aliphatic carbocycles. The van der Waals surface area contributed by atoms with Gasteiger partial charge in [-0.1, -0.05) is 0 Å². The lowest BCUT2D eigenvalue weighted by Gasteiger charge is -2.25. The van der Waals surface area contributed by atoms with E-state index in [0.29, 0.717) is 5.69 Å². The minimum Gasteiger partial charge on any atom is -0.340 e. The van der Waals surface area contributed by atoms with Crippen molar-refractivity contribution in [2.75, 3.05) is 26.7 Å². The van der Waals surface area contributed by atoms with Crippen molar-refractivity contribution in [3.63, 3.8) is 0 Å². The van der Waals surface area contributed by atoms with Crippen molar-refractivity contribution in [1.82, 2.24) is 19.8 Å². The van der Waals surface area contributed by atoms with Crippen LogP contribution in [0.4, 0.5) is 0 Å². The molecule has 0 bridgehead atoms. The molecule has 1 aliphatic heterocycles. The number of aromatic nitrogens is 2. The first-order chi connectivity index (χ1) is 8.68. The van der Waals surface area contributed by atoms with Gasteiger partial charge >= 0.3 is 0 Å². The molecule has 1 saturated heterocycles. The highest BCUT2D eigenvalue weighted by molar-refractivity contribution is 5.92. The topological polar surface area (TPSA) is 50.2 Å². The number of nitrogens with one attached hydrogen (secondary N) is 1. The second kappa shape index (κ2) is 6.00. The van der Waals surface area contributed by atoms with E-state index >= 15 is 0 Å². The van der Waals surface area contributed by atoms with Crippen molar-refractivity contribution in [2.24, 2.45) is 13.0 Å². The average molecular weight is 250 g/mol. The zero-order chi connectivity index (χ0) is 13.0. The van der Waals surface area contributed by atoms with Gasteiger partial charge in [-0.15, -0.1) is 0 Å². The summed E-state index contributed by atoms with van der Waals surface area (Å²) in [7, 11) is 3.72. The van der Waals surface area contributed by atoms with Crippen molar-refractivity contribution >= 4 is 5.91 Å². The van der Waals surface area contributed by atoms with Gasteiger partial charge < -0.3 is 14.8 Å². The van der Waals surface area contributed by atoms with Crippen LogP contribution in [0.15, 0.2) is 12.5 Å². The van der Waals surface area contributed by atoms with Crippen LogP contribution < -0.4 is 5.32 Å². The molecule has 18 heavy (non-hydrogen) atoms. The third-order valence-corrected chi connectivity index (χ3v) is 3.71. The standard InChI is InChI=1S/C13H22N4O/c1-16(8-5-11-3-6-14-7-4-11)13(18)12-9-15-10-17(12)2/h9-11,14H,3-8H2,1-2H3. The fourth-order valence-corrected chi connectivity index (χ4v) is 2.41. The van der Waals surface area contributed by atoms with Crippen LogP contribution in [-0.4, -0.2) is 47.0 Å². The molecule has 5 nitrogen and oxygen atoms in total. The predicted molar refractivity (Wildman–Crippen MR) is 70.4 cm³/mol. The van der Waals surface area contributed by atoms with Gasteiger partial charge in [0.2, 0.25) is 0 Å². The van der Waals surface area contributed by atoms with Crippen LogP contribution in [0.5, 0.6) is 0 Å². The van der Waals surface area contributed by atoms with Gasteiger partial charge in [0.1, 0.15) is 5.69 Å². The molecule has 1 aromatic rings. The van der Waals surface area contributed by atoms with Crippen molar-refractivity contribution in [3.8, 4) is 0 Å². The minimum absolute atomic E-state index is 0.0592. The number of hydrogen-bond acceptors (Lipinski definition) is 3. The van der Waals surface area contributed by atoms with E-state index in [1.165, 1.54) is 12.8 Å². The van der Waals surface area contributed by atoms with Gasteiger partial charge in [0.15, 0.2) is 0 Å². The Morgan fingerprint density at radius 1 is 1.56 bits per heavy atom. The normalized spacial score (nSPS) is 16.8. The average Bonchev–Trinajstić information content (AvgIpc) is 2.82. The van der Waals surface area contributed by atoms with Crippen LogP contribution in [0, 0.1) is 5.92 Å². The highest BCUT2D eigenvalue weighted by atomic mass is 16.2. The molecule has 0 atom stereocenters. The maximum Gasteiger partial charge on any atom is 0.271 e. The highest BCUT2D eigenvalue weighted by Crippen LogP contribution is 2.16. The van der Waals surface area contributed by atoms with E-state index in [1.54, 1.807) is 22.0 Å². The first-order valence-corrected chi connectivity index (χ1v) is 6.61. The number of imidazole rings is 1. The molecule has 0 spiro atoms. The zero-order valence-electron chi connectivity index (χ0n) is 11.2. The molecule has 1 aliphatic rings. The van der Waals surface area contributed by atoms with Crippen LogP contribution >= 0.6 is 0 Å². The smallest absolute Gasteiger partial charge is 0.271 e. The van der Waals surface area contributed by atoms with Crippen molar-refractivity contribution < 1.29 is 4.79 Å². The first-order valence-electron chi connectivity index (χ1n) is 6.61. The summed E-state index contributed by atoms with van der Waals surface area (Å²) < 4.78 is 1.77. The molecule has 1 N–H and O–H groups in total. The van der Waals surface area contributed by atoms with Crippen molar-refractivity contribution in [2.45, 2.75) is 19.3 Å². The fourth-order valence-electron chi connectivity index (χ4n) is 2.41. The molecule has 100 valence electrons. The van der Waals surface area contributed by atoms with E-state index in [9.17, 15) is 4.79 Å². The van der Waals surface area contributed by atoms with Gasteiger partial charge in [0, 0.05) is 20.6 Å². The molecule has 2 heterocycles. The minimum atomic E-state index is 0.0592. The summed E-state index contributed by atoms with van der Waals surface area (Å²) in [6, 6.07) is 0. The molecule has 1 aromatic heterocycles. The monoisotopic (exact) mass is 250 g/mol. The molecule has 2 rings (SSSR count). The van der Waals surface area contributed by atoms with Crippen LogP contribution in [0.25, 0.3) is 0 Å². The van der Waals surface area contributed by atoms with Gasteiger partial charge in [-0.25, -0.2) is 4.98 Å². The first kappa shape index (κ1) is 13.1. The lowest BCUT2D eigenvalue weighted by atomic mass is 9.94. The summed E-state index contributed by atoms with van der Waals surface area (Å²) in [4.78, 5) is 17.9. The van der Waals surface area contributed by atoms with E-state index in [1.807, 2.05) is 14.1 Å². The van der Waals surface area contributed by atoms with Gasteiger partial charge in [0.05, 0.1) is 12.5 Å². The molecule has 5 heteroatoms. The lowest BCUT2D eigenvalue weighted by molar-refractivity contribution is 0.0775. The van der Waals surface area contributed by atoms with Crippen LogP contribution in [-0.2, 0) is 7.05 Å². The number of aryl methyl sites for hydroxylation is 1. The third kappa shape index (κ3) is 3.10. The molecule has 0 aromatic carbocycles. The Balaban J connectivity index is 1.82. The second-order valence-corrected chi connectivity index (χ2v) is 5.10. The fraction of sp³-hybridized carbons (Fsp3) is 0.692. The maximum atomic E-state index is 12.2. The largest absolute Gasteiger partial charge is 0.340 e. The number of carbonyl (C=O) groups is 1. The number of amides is 1. The second-order valence-electron chi connectivity index (χ2n) is 5.10. The van der Waals surface area contributed by atoms with Crippen molar-refractivity contribution in [1.29, 1.82) is 0 Å². The van der Waals surface area contributed by atoms with E-state index in [2.05, 4.69) is 10.3 Å². The Kier molecular flexibility index (Phi) is 4.36. The van der Waals surface area contributed by atoms with Crippen LogP contribution in [0.1, 0.15) is 29.8 Å². The molecular weight excluding hydrogens is 228 g/mol. The summed E-state index contributed by atoms with van der Waals surface area (Å²) in [6.45, 7) is 3.06. The number of carbonyl (C=O) groups excluding carboxylic acids is 1. The molecule has 0 saturated carbocycles. The van der Waals surface area contributed by atoms with Gasteiger partial charge in [-0.3, -0.25) is 4.79 Å². The molecule has 0 radical (unpaired) electrons. The molecule has 1 fully saturated rings. The lowest BCUT2D eigenvalue weighted by Crippen LogP contribution is -2.33. The number of nitrogens with zero attached hydrogens (tertiary/aromatic N) is 3. The van der Waals surface area contributed by atoms with Gasteiger partial charge in [-0.2, -0.15) is 0 Å². The third-order valence-electron chi connectivity index (χ3n) is 3.71. The Labute approximate surface area is 108 Å². The molecule has 0 unspecified atom stereocenters. The van der Waals surface area contributed by atoms with Crippen molar-refractivity contribution in [3.05, 3.63) is 18.2 Å². The number of rotatable bonds is 4. The molecule has 1 amide bonds. The quantitative estimate of drug-likeness (QED) is 0.863. The molecular formula is C13H22N4O. The Bertz CT molecular complexity index is 395. The maximum absolute atomic E-state index is 12.2. The van der Waals surface area contributed by atoms with E-state index in [0.717, 1.165) is 32.0 Å². The zero-order valence-corrected chi connectivity index (χ0v) is 11.2. The Hall–Kier alpha value is -1.36. The summed E-state index contributed by atoms with van der Waals surface area (Å²) in [5.41, 5.74) is 0.655. The van der Waals surface area contributed by atoms with Crippen LogP contribution in [0.3, 0.4) is 0 Å². The van der Waals surface area contributed by atoms with Crippen LogP contribution in [0.2, 0.25) is 0 Å². The Morgan fingerprint density at radius 2 is 2.28 bits per heavy atom. The SMILES string of the molecule is CN(CCC1CCNCC1)C(=O)c1cncn1C. The van der Waals surface area contributed by atoms with Gasteiger partial charge in [0.25, 0.3) is 5.91 Å². The summed E-state index contributed by atoms with van der Waals surface area (Å²) >= 11 is 0. The summed E-state index contributed by atoms with van der Waals surface area (Å²) in [5.74, 6) is 0.817. The van der Waals surface area contributed by atoms with E-state index in [-0.39, 0.29) is 5.91 Å². The highest BCUT2D eigenvalue weighted by Gasteiger charge is 2.18. The summed E-state index contributed by atoms with van der Waals surface area (Å²) in [6.07, 6.45) is 6.85. The van der Waals surface area contributed by atoms with E-state index < -0.39 is 0 Å². The number of hydrogen-bond donors (Lipinski definition) is 1. The Morgan fingerprint density at radius 3 is 2.89 bits per heavy atom. The number of piperidine rings is 1. The van der Waals surface area contributed by atoms with E-state index in [4.69, 9.17) is 0 Å². The summed E-state index contributed by atoms with van der Waals surface area (Å²) in [5, 5.41) is 3.36. The predicted octanol–water partition coefficient (Wildman–Crippen LogP) is 0.882.